The van der Waals surface area contributed by atoms with Gasteiger partial charge in [-0.1, -0.05) is 51.1 Å². The van der Waals surface area contributed by atoms with Gasteiger partial charge in [0, 0.05) is 75.7 Å². The van der Waals surface area contributed by atoms with Gasteiger partial charge in [0.1, 0.15) is 12.4 Å². The summed E-state index contributed by atoms with van der Waals surface area (Å²) in [5.41, 5.74) is 4.23. The Morgan fingerprint density at radius 1 is 0.900 bits per heavy atom. The minimum Gasteiger partial charge on any atom is -0.487 e. The van der Waals surface area contributed by atoms with Gasteiger partial charge in [0.15, 0.2) is 19.7 Å². The molecule has 11 nitrogen and oxygen atoms in total. The lowest BCUT2D eigenvalue weighted by Gasteiger charge is -2.28. The molecule has 0 fully saturated rings. The molecule has 0 radical (unpaired) electrons. The van der Waals surface area contributed by atoms with Crippen molar-refractivity contribution >= 4 is 48.3 Å². The smallest absolute Gasteiger partial charge is 0.341 e. The summed E-state index contributed by atoms with van der Waals surface area (Å²) < 4.78 is 62.7. The first kappa shape index (κ1) is 36.9. The third-order valence-corrected chi connectivity index (χ3v) is 14.2. The SMILES string of the molecule is COc1ccc(-c2ccc(Cn3c(CC(C(=O)O)(S(C)(=O)=O)S(C)(=O)=O)c(SC(C)(C)C)c4cc(OCc5ccccn5)ccc43)cc2)cn1. The number of carbonyl (C=O) groups is 1. The van der Waals surface area contributed by atoms with Crippen LogP contribution < -0.4 is 9.47 Å². The maximum absolute atomic E-state index is 13.3. The van der Waals surface area contributed by atoms with Gasteiger partial charge in [-0.3, -0.25) is 4.98 Å². The number of carboxylic acid groups (broad SMARTS) is 1. The standard InChI is InChI=1S/C36H39N3O8S3/c1-35(2,3)48-33-29-19-28(47-23-27-9-7-8-18-37-27)15-16-30(29)39(31(33)20-36(34(40)41,49(5,42)43)50(6,44)45)22-24-10-12-25(13-11-24)26-14-17-32(46-4)38-21-26/h7-19,21H,20,22-23H2,1-6H3,(H,40,41). The molecule has 3 heterocycles. The van der Waals surface area contributed by atoms with Crippen molar-refractivity contribution in [2.45, 2.75) is 54.1 Å². The summed E-state index contributed by atoms with van der Waals surface area (Å²) >= 11 is 1.40. The van der Waals surface area contributed by atoms with Crippen molar-refractivity contribution in [1.82, 2.24) is 14.5 Å². The number of methoxy groups -OCH3 is 1. The first-order valence-corrected chi connectivity index (χ1v) is 20.1. The highest BCUT2D eigenvalue weighted by Crippen LogP contribution is 2.45. The van der Waals surface area contributed by atoms with E-state index in [0.717, 1.165) is 22.4 Å². The number of nitrogens with zero attached hydrogens (tertiary/aromatic N) is 3. The molecule has 0 amide bonds. The molecule has 0 unspecified atom stereocenters. The summed E-state index contributed by atoms with van der Waals surface area (Å²) in [5, 5.41) is 11.1. The zero-order chi connectivity index (χ0) is 36.5. The molecular formula is C36H39N3O8S3. The van der Waals surface area contributed by atoms with Crippen LogP contribution in [-0.2, 0) is 44.0 Å². The van der Waals surface area contributed by atoms with Gasteiger partial charge in [-0.25, -0.2) is 26.6 Å². The van der Waals surface area contributed by atoms with Gasteiger partial charge >= 0.3 is 5.97 Å². The van der Waals surface area contributed by atoms with Crippen molar-refractivity contribution in [1.29, 1.82) is 0 Å². The number of fused-ring (bicyclic) bond motifs is 1. The fraction of sp³-hybridized carbons (Fsp3) is 0.306. The first-order valence-electron chi connectivity index (χ1n) is 15.5. The number of carboxylic acids is 1. The van der Waals surface area contributed by atoms with E-state index in [9.17, 15) is 26.7 Å². The lowest BCUT2D eigenvalue weighted by atomic mass is 10.1. The summed E-state index contributed by atoms with van der Waals surface area (Å²) in [6.07, 6.45) is 3.87. The number of pyridine rings is 2. The van der Waals surface area contributed by atoms with E-state index in [-0.39, 0.29) is 18.8 Å². The topological polar surface area (TPSA) is 155 Å². The monoisotopic (exact) mass is 737 g/mol. The van der Waals surface area contributed by atoms with Crippen LogP contribution in [0.2, 0.25) is 0 Å². The Balaban J connectivity index is 1.70. The molecule has 0 aliphatic carbocycles. The lowest BCUT2D eigenvalue weighted by molar-refractivity contribution is -0.137. The average Bonchev–Trinajstić information content (AvgIpc) is 3.31. The van der Waals surface area contributed by atoms with Crippen molar-refractivity contribution in [3.8, 4) is 22.8 Å². The lowest BCUT2D eigenvalue weighted by Crippen LogP contribution is -2.54. The molecule has 5 rings (SSSR count). The summed E-state index contributed by atoms with van der Waals surface area (Å²) in [5.74, 6) is -0.953. The molecule has 1 N–H and O–H groups in total. The predicted octanol–water partition coefficient (Wildman–Crippen LogP) is 6.04. The van der Waals surface area contributed by atoms with E-state index in [2.05, 4.69) is 9.97 Å². The van der Waals surface area contributed by atoms with Gasteiger partial charge in [-0.05, 0) is 47.5 Å². The Kier molecular flexibility index (Phi) is 10.4. The van der Waals surface area contributed by atoms with Crippen molar-refractivity contribution in [3.63, 3.8) is 0 Å². The molecule has 5 aromatic rings. The number of rotatable bonds is 13. The number of benzene rings is 2. The highest BCUT2D eigenvalue weighted by molar-refractivity contribution is 8.10. The van der Waals surface area contributed by atoms with Crippen LogP contribution in [0, 0.1) is 0 Å². The zero-order valence-electron chi connectivity index (χ0n) is 28.6. The summed E-state index contributed by atoms with van der Waals surface area (Å²) in [6.45, 7) is 6.29. The summed E-state index contributed by atoms with van der Waals surface area (Å²) in [7, 11) is -7.88. The van der Waals surface area contributed by atoms with Crippen molar-refractivity contribution in [2.75, 3.05) is 19.6 Å². The number of sulfone groups is 2. The van der Waals surface area contributed by atoms with E-state index in [1.165, 1.54) is 11.8 Å². The van der Waals surface area contributed by atoms with Crippen molar-refractivity contribution in [2.24, 2.45) is 0 Å². The summed E-state index contributed by atoms with van der Waals surface area (Å²) in [6, 6.07) is 22.2. The number of thioether (sulfide) groups is 1. The van der Waals surface area contributed by atoms with Gasteiger partial charge in [0.05, 0.1) is 12.8 Å². The fourth-order valence-corrected chi connectivity index (χ4v) is 10.5. The van der Waals surface area contributed by atoms with Gasteiger partial charge in [-0.15, -0.1) is 11.8 Å². The highest BCUT2D eigenvalue weighted by atomic mass is 32.3. The Bertz CT molecular complexity index is 2200. The van der Waals surface area contributed by atoms with Gasteiger partial charge in [0.25, 0.3) is 4.08 Å². The molecule has 50 heavy (non-hydrogen) atoms. The van der Waals surface area contributed by atoms with E-state index >= 15 is 0 Å². The van der Waals surface area contributed by atoms with Crippen LogP contribution in [0.5, 0.6) is 11.6 Å². The van der Waals surface area contributed by atoms with E-state index in [4.69, 9.17) is 9.47 Å². The third-order valence-electron chi connectivity index (χ3n) is 8.11. The van der Waals surface area contributed by atoms with Crippen LogP contribution in [0.3, 0.4) is 0 Å². The van der Waals surface area contributed by atoms with Crippen LogP contribution in [-0.4, -0.2) is 70.9 Å². The van der Waals surface area contributed by atoms with Gasteiger partial charge in [0.2, 0.25) is 5.88 Å². The molecule has 0 saturated carbocycles. The molecular weight excluding hydrogens is 699 g/mol. The number of aliphatic carboxylic acids is 1. The minimum absolute atomic E-state index is 0.190. The largest absolute Gasteiger partial charge is 0.487 e. The van der Waals surface area contributed by atoms with Gasteiger partial charge in [-0.2, -0.15) is 0 Å². The fourth-order valence-electron chi connectivity index (χ4n) is 5.67. The van der Waals surface area contributed by atoms with Crippen LogP contribution in [0.1, 0.15) is 37.7 Å². The quantitative estimate of drug-likeness (QED) is 0.141. The Hall–Kier alpha value is -4.40. The second kappa shape index (κ2) is 14.1. The minimum atomic E-state index is -4.71. The molecule has 0 aliphatic rings. The highest BCUT2D eigenvalue weighted by Gasteiger charge is 2.58. The molecule has 264 valence electrons. The average molecular weight is 738 g/mol. The van der Waals surface area contributed by atoms with E-state index in [0.29, 0.717) is 39.9 Å². The summed E-state index contributed by atoms with van der Waals surface area (Å²) in [4.78, 5) is 22.0. The maximum atomic E-state index is 13.3. The normalized spacial score (nSPS) is 12.6. The molecule has 0 spiro atoms. The first-order chi connectivity index (χ1) is 23.4. The maximum Gasteiger partial charge on any atom is 0.341 e. The number of aromatic nitrogens is 3. The van der Waals surface area contributed by atoms with E-state index in [1.54, 1.807) is 31.6 Å². The number of ether oxygens (including phenoxy) is 2. The van der Waals surface area contributed by atoms with Crippen molar-refractivity contribution < 1.29 is 36.2 Å². The number of hydrogen-bond acceptors (Lipinski definition) is 10. The van der Waals surface area contributed by atoms with Crippen molar-refractivity contribution in [3.05, 3.63) is 102 Å². The Morgan fingerprint density at radius 3 is 2.12 bits per heavy atom. The number of hydrogen-bond donors (Lipinski definition) is 1. The molecule has 2 aromatic carbocycles. The predicted molar refractivity (Wildman–Crippen MR) is 195 cm³/mol. The van der Waals surface area contributed by atoms with E-state index < -0.39 is 40.9 Å². The molecule has 0 saturated heterocycles. The van der Waals surface area contributed by atoms with Crippen LogP contribution in [0.25, 0.3) is 22.0 Å². The Labute approximate surface area is 296 Å². The van der Waals surface area contributed by atoms with Gasteiger partial charge < -0.3 is 19.1 Å². The zero-order valence-corrected chi connectivity index (χ0v) is 31.0. The van der Waals surface area contributed by atoms with Crippen LogP contribution >= 0.6 is 11.8 Å². The third kappa shape index (κ3) is 7.67. The molecule has 3 aromatic heterocycles. The Morgan fingerprint density at radius 2 is 1.58 bits per heavy atom. The molecule has 14 heteroatoms. The molecule has 0 aliphatic heterocycles. The van der Waals surface area contributed by atoms with Crippen LogP contribution in [0.15, 0.2) is 90.1 Å². The molecule has 0 bridgehead atoms. The second-order valence-corrected chi connectivity index (χ2v) is 19.5. The molecule has 0 atom stereocenters. The van der Waals surface area contributed by atoms with Crippen LogP contribution in [0.4, 0.5) is 0 Å². The van der Waals surface area contributed by atoms with E-state index in [1.807, 2.05) is 86.0 Å². The second-order valence-electron chi connectivity index (χ2n) is 12.9.